The van der Waals surface area contributed by atoms with Gasteiger partial charge >= 0.3 is 0 Å². The van der Waals surface area contributed by atoms with E-state index in [1.807, 2.05) is 6.92 Å². The van der Waals surface area contributed by atoms with Gasteiger partial charge in [-0.1, -0.05) is 0 Å². The lowest BCUT2D eigenvalue weighted by Gasteiger charge is -2.07. The molecule has 4 heteroatoms. The average Bonchev–Trinajstić information content (AvgIpc) is 2.63. The van der Waals surface area contributed by atoms with Crippen molar-refractivity contribution >= 4 is 59.9 Å². The van der Waals surface area contributed by atoms with Gasteiger partial charge in [0.2, 0.25) is 0 Å². The molecule has 2 aromatic rings. The van der Waals surface area contributed by atoms with Gasteiger partial charge in [-0.3, -0.25) is 0 Å². The molecular formula is C10H8BrIOS. The molecule has 0 aliphatic carbocycles. The Bertz CT molecular complexity index is 466. The molecule has 1 aromatic carbocycles. The van der Waals surface area contributed by atoms with Crippen LogP contribution < -0.4 is 4.74 Å². The molecule has 0 radical (unpaired) electrons. The van der Waals surface area contributed by atoms with Crippen LogP contribution in [0.4, 0.5) is 0 Å². The fourth-order valence-corrected chi connectivity index (χ4v) is 3.51. The standard InChI is InChI=1S/C10H8BrIOS/c1-2-13-8-5-7(12)9(11)10-6(8)3-4-14-10/h3-5H,2H2,1H3. The minimum absolute atomic E-state index is 0.711. The Morgan fingerprint density at radius 2 is 2.36 bits per heavy atom. The number of hydrogen-bond acceptors (Lipinski definition) is 2. The Kier molecular flexibility index (Phi) is 3.34. The van der Waals surface area contributed by atoms with Crippen molar-refractivity contribution < 1.29 is 4.74 Å². The first-order valence-electron chi connectivity index (χ1n) is 4.22. The second-order valence-electron chi connectivity index (χ2n) is 2.77. The van der Waals surface area contributed by atoms with E-state index in [0.717, 1.165) is 5.75 Å². The lowest BCUT2D eigenvalue weighted by Crippen LogP contribution is -1.92. The van der Waals surface area contributed by atoms with E-state index in [2.05, 4.69) is 56.0 Å². The largest absolute Gasteiger partial charge is 0.493 e. The van der Waals surface area contributed by atoms with Gasteiger partial charge < -0.3 is 4.74 Å². The van der Waals surface area contributed by atoms with Gasteiger partial charge in [-0.25, -0.2) is 0 Å². The predicted molar refractivity (Wildman–Crippen MR) is 73.4 cm³/mol. The number of thiophene rings is 1. The smallest absolute Gasteiger partial charge is 0.129 e. The maximum absolute atomic E-state index is 5.59. The number of fused-ring (bicyclic) bond motifs is 1. The maximum atomic E-state index is 5.59. The Balaban J connectivity index is 2.71. The molecule has 1 heterocycles. The summed E-state index contributed by atoms with van der Waals surface area (Å²) in [6.07, 6.45) is 0. The van der Waals surface area contributed by atoms with Crippen LogP contribution in [0.25, 0.3) is 10.1 Å². The third kappa shape index (κ3) is 1.79. The minimum atomic E-state index is 0.711. The summed E-state index contributed by atoms with van der Waals surface area (Å²) >= 11 is 7.64. The van der Waals surface area contributed by atoms with Crippen LogP contribution in [0.3, 0.4) is 0 Å². The van der Waals surface area contributed by atoms with Gasteiger partial charge in [0.15, 0.2) is 0 Å². The normalized spacial score (nSPS) is 10.8. The molecule has 74 valence electrons. The summed E-state index contributed by atoms with van der Waals surface area (Å²) in [5.41, 5.74) is 0. The van der Waals surface area contributed by atoms with Crippen molar-refractivity contribution in [3.8, 4) is 5.75 Å². The van der Waals surface area contributed by atoms with Gasteiger partial charge in [0, 0.05) is 13.4 Å². The fourth-order valence-electron chi connectivity index (χ4n) is 1.31. The van der Waals surface area contributed by atoms with Crippen molar-refractivity contribution in [3.63, 3.8) is 0 Å². The Labute approximate surface area is 109 Å². The SMILES string of the molecule is CCOc1cc(I)c(Br)c2sccc12. The van der Waals surface area contributed by atoms with Crippen LogP contribution in [0.5, 0.6) is 5.75 Å². The highest BCUT2D eigenvalue weighted by atomic mass is 127. The summed E-state index contributed by atoms with van der Waals surface area (Å²) in [5, 5.41) is 3.29. The van der Waals surface area contributed by atoms with Gasteiger partial charge in [-0.05, 0) is 63.0 Å². The molecule has 0 unspecified atom stereocenters. The number of benzene rings is 1. The Morgan fingerprint density at radius 1 is 1.57 bits per heavy atom. The Hall–Kier alpha value is 0.190. The third-order valence-corrected chi connectivity index (χ3v) is 5.51. The molecule has 0 bridgehead atoms. The van der Waals surface area contributed by atoms with Crippen molar-refractivity contribution in [3.05, 3.63) is 25.6 Å². The van der Waals surface area contributed by atoms with E-state index in [9.17, 15) is 0 Å². The summed E-state index contributed by atoms with van der Waals surface area (Å²) < 4.78 is 9.23. The Morgan fingerprint density at radius 3 is 3.07 bits per heavy atom. The quantitative estimate of drug-likeness (QED) is 0.686. The average molecular weight is 383 g/mol. The zero-order valence-corrected chi connectivity index (χ0v) is 12.1. The van der Waals surface area contributed by atoms with Crippen LogP contribution >= 0.6 is 49.9 Å². The third-order valence-electron chi connectivity index (χ3n) is 1.90. The molecule has 0 N–H and O–H groups in total. The second kappa shape index (κ2) is 4.37. The van der Waals surface area contributed by atoms with Gasteiger partial charge in [0.05, 0.1) is 11.3 Å². The van der Waals surface area contributed by atoms with Gasteiger partial charge in [-0.2, -0.15) is 0 Å². The van der Waals surface area contributed by atoms with E-state index in [1.54, 1.807) is 11.3 Å². The van der Waals surface area contributed by atoms with E-state index in [4.69, 9.17) is 4.74 Å². The lowest BCUT2D eigenvalue weighted by molar-refractivity contribution is 0.344. The summed E-state index contributed by atoms with van der Waals surface area (Å²) in [5.74, 6) is 0.983. The number of ether oxygens (including phenoxy) is 1. The van der Waals surface area contributed by atoms with Crippen molar-refractivity contribution in [2.45, 2.75) is 6.92 Å². The molecule has 0 saturated heterocycles. The summed E-state index contributed by atoms with van der Waals surface area (Å²) in [7, 11) is 0. The first kappa shape index (κ1) is 10.7. The minimum Gasteiger partial charge on any atom is -0.493 e. The van der Waals surface area contributed by atoms with E-state index < -0.39 is 0 Å². The molecule has 1 nitrogen and oxygen atoms in total. The van der Waals surface area contributed by atoms with Crippen LogP contribution in [0, 0.1) is 3.57 Å². The van der Waals surface area contributed by atoms with Crippen molar-refractivity contribution in [2.75, 3.05) is 6.61 Å². The summed E-state index contributed by atoms with van der Waals surface area (Å²) in [6.45, 7) is 2.72. The van der Waals surface area contributed by atoms with Crippen LogP contribution in [0.15, 0.2) is 22.0 Å². The van der Waals surface area contributed by atoms with Crippen molar-refractivity contribution in [1.82, 2.24) is 0 Å². The van der Waals surface area contributed by atoms with E-state index >= 15 is 0 Å². The van der Waals surface area contributed by atoms with Crippen LogP contribution in [0.1, 0.15) is 6.92 Å². The second-order valence-corrected chi connectivity index (χ2v) is 5.64. The fraction of sp³-hybridized carbons (Fsp3) is 0.200. The first-order chi connectivity index (χ1) is 6.74. The maximum Gasteiger partial charge on any atom is 0.129 e. The van der Waals surface area contributed by atoms with Gasteiger partial charge in [-0.15, -0.1) is 11.3 Å². The highest BCUT2D eigenvalue weighted by Gasteiger charge is 2.10. The highest BCUT2D eigenvalue weighted by molar-refractivity contribution is 14.1. The first-order valence-corrected chi connectivity index (χ1v) is 6.97. The van der Waals surface area contributed by atoms with Crippen molar-refractivity contribution in [1.29, 1.82) is 0 Å². The molecule has 0 fully saturated rings. The zero-order chi connectivity index (χ0) is 10.1. The summed E-state index contributed by atoms with van der Waals surface area (Å²) in [4.78, 5) is 0. The summed E-state index contributed by atoms with van der Waals surface area (Å²) in [6, 6.07) is 4.18. The molecule has 0 atom stereocenters. The molecule has 0 saturated carbocycles. The van der Waals surface area contributed by atoms with Gasteiger partial charge in [0.1, 0.15) is 5.75 Å². The predicted octanol–water partition coefficient (Wildman–Crippen LogP) is 4.67. The van der Waals surface area contributed by atoms with Crippen LogP contribution in [0.2, 0.25) is 0 Å². The molecule has 14 heavy (non-hydrogen) atoms. The number of rotatable bonds is 2. The molecule has 0 amide bonds. The van der Waals surface area contributed by atoms with Gasteiger partial charge in [0.25, 0.3) is 0 Å². The van der Waals surface area contributed by atoms with Crippen LogP contribution in [-0.2, 0) is 0 Å². The van der Waals surface area contributed by atoms with Crippen molar-refractivity contribution in [2.24, 2.45) is 0 Å². The van der Waals surface area contributed by atoms with E-state index in [1.165, 1.54) is 18.1 Å². The molecule has 0 aliphatic heterocycles. The molecule has 0 aliphatic rings. The lowest BCUT2D eigenvalue weighted by atomic mass is 10.2. The molecular weight excluding hydrogens is 375 g/mol. The monoisotopic (exact) mass is 382 g/mol. The molecule has 0 spiro atoms. The van der Waals surface area contributed by atoms with E-state index in [-0.39, 0.29) is 0 Å². The highest BCUT2D eigenvalue weighted by Crippen LogP contribution is 2.38. The number of halogens is 2. The molecule has 1 aromatic heterocycles. The topological polar surface area (TPSA) is 9.23 Å². The molecule has 2 rings (SSSR count). The number of hydrogen-bond donors (Lipinski definition) is 0. The van der Waals surface area contributed by atoms with E-state index in [0.29, 0.717) is 6.61 Å². The van der Waals surface area contributed by atoms with Crippen LogP contribution in [-0.4, -0.2) is 6.61 Å². The zero-order valence-electron chi connectivity index (χ0n) is 7.51.